The maximum absolute atomic E-state index is 9.30. The quantitative estimate of drug-likeness (QED) is 0.671. The van der Waals surface area contributed by atoms with E-state index >= 15 is 0 Å². The molecule has 0 saturated heterocycles. The van der Waals surface area contributed by atoms with Crippen molar-refractivity contribution in [3.8, 4) is 28.8 Å². The molecule has 0 fully saturated rings. The fourth-order valence-electron chi connectivity index (χ4n) is 1.84. The number of halogens is 1. The number of aromatic nitrogens is 4. The lowest BCUT2D eigenvalue weighted by molar-refractivity contribution is 0.964. The highest BCUT2D eigenvalue weighted by Crippen LogP contribution is 2.21. The van der Waals surface area contributed by atoms with Crippen LogP contribution >= 0.6 is 15.9 Å². The molecule has 5 nitrogen and oxygen atoms in total. The highest BCUT2D eigenvalue weighted by Gasteiger charge is 2.12. The van der Waals surface area contributed by atoms with Crippen LogP contribution in [0.15, 0.2) is 53.1 Å². The minimum absolute atomic E-state index is 0.230. The van der Waals surface area contributed by atoms with Crippen LogP contribution in [0.2, 0.25) is 0 Å². The van der Waals surface area contributed by atoms with Gasteiger partial charge >= 0.3 is 0 Å². The van der Waals surface area contributed by atoms with Gasteiger partial charge in [0.2, 0.25) is 5.82 Å². The fourth-order valence-corrected chi connectivity index (χ4v) is 2.18. The van der Waals surface area contributed by atoms with Crippen LogP contribution in [0.4, 0.5) is 0 Å². The Morgan fingerprint density at radius 2 is 1.71 bits per heavy atom. The minimum atomic E-state index is 0.230. The first kappa shape index (κ1) is 13.3. The third kappa shape index (κ3) is 2.78. The standard InChI is InChI=1S/C15H8BrN5/c16-13-8-4-7-11(18-13)15-19-12(9-17)14(20-21-15)10-5-2-1-3-6-10/h1-8H. The van der Waals surface area contributed by atoms with Crippen LogP contribution in [0.25, 0.3) is 22.8 Å². The molecule has 6 heteroatoms. The Balaban J connectivity index is 2.10. The largest absolute Gasteiger partial charge is 0.237 e. The molecule has 21 heavy (non-hydrogen) atoms. The van der Waals surface area contributed by atoms with Gasteiger partial charge in [-0.05, 0) is 28.1 Å². The van der Waals surface area contributed by atoms with E-state index in [2.05, 4.69) is 42.2 Å². The second-order valence-electron chi connectivity index (χ2n) is 4.16. The molecule has 3 rings (SSSR count). The van der Waals surface area contributed by atoms with Crippen molar-refractivity contribution in [1.82, 2.24) is 20.2 Å². The molecule has 0 radical (unpaired) electrons. The summed E-state index contributed by atoms with van der Waals surface area (Å²) in [5, 5.41) is 17.5. The van der Waals surface area contributed by atoms with Crippen LogP contribution in [0, 0.1) is 11.3 Å². The van der Waals surface area contributed by atoms with E-state index in [1.54, 1.807) is 12.1 Å². The highest BCUT2D eigenvalue weighted by atomic mass is 79.9. The van der Waals surface area contributed by atoms with Gasteiger partial charge in [-0.25, -0.2) is 9.97 Å². The summed E-state index contributed by atoms with van der Waals surface area (Å²) in [5.41, 5.74) is 2.07. The molecule has 0 saturated carbocycles. The van der Waals surface area contributed by atoms with Crippen LogP contribution in [0.3, 0.4) is 0 Å². The molecule has 0 spiro atoms. The number of hydrogen-bond donors (Lipinski definition) is 0. The molecule has 100 valence electrons. The number of hydrogen-bond acceptors (Lipinski definition) is 5. The molecule has 2 aromatic heterocycles. The van der Waals surface area contributed by atoms with E-state index in [-0.39, 0.29) is 5.69 Å². The lowest BCUT2D eigenvalue weighted by Crippen LogP contribution is -2.01. The molecular formula is C15H8BrN5. The second-order valence-corrected chi connectivity index (χ2v) is 4.97. The molecule has 0 aliphatic rings. The summed E-state index contributed by atoms with van der Waals surface area (Å²) >= 11 is 3.29. The lowest BCUT2D eigenvalue weighted by Gasteiger charge is -2.04. The van der Waals surface area contributed by atoms with Gasteiger partial charge in [-0.2, -0.15) is 5.26 Å². The first-order valence-electron chi connectivity index (χ1n) is 6.11. The molecule has 2 heterocycles. The van der Waals surface area contributed by atoms with Gasteiger partial charge in [0.15, 0.2) is 5.69 Å². The predicted octanol–water partition coefficient (Wildman–Crippen LogP) is 3.23. The van der Waals surface area contributed by atoms with Gasteiger partial charge in [0.25, 0.3) is 0 Å². The summed E-state index contributed by atoms with van der Waals surface area (Å²) in [6.45, 7) is 0. The van der Waals surface area contributed by atoms with E-state index in [0.29, 0.717) is 21.8 Å². The number of nitriles is 1. The zero-order valence-electron chi connectivity index (χ0n) is 10.7. The van der Waals surface area contributed by atoms with E-state index in [1.807, 2.05) is 36.4 Å². The Morgan fingerprint density at radius 1 is 0.905 bits per heavy atom. The van der Waals surface area contributed by atoms with Crippen molar-refractivity contribution in [1.29, 1.82) is 5.26 Å². The van der Waals surface area contributed by atoms with Crippen molar-refractivity contribution < 1.29 is 0 Å². The number of nitrogens with zero attached hydrogens (tertiary/aromatic N) is 5. The van der Waals surface area contributed by atoms with Crippen molar-refractivity contribution in [3.63, 3.8) is 0 Å². The fraction of sp³-hybridized carbons (Fsp3) is 0. The van der Waals surface area contributed by atoms with Gasteiger partial charge in [0, 0.05) is 5.56 Å². The molecular weight excluding hydrogens is 330 g/mol. The SMILES string of the molecule is N#Cc1nc(-c2cccc(Br)n2)nnc1-c1ccccc1. The molecule has 0 amide bonds. The maximum atomic E-state index is 9.30. The average molecular weight is 338 g/mol. The first-order chi connectivity index (χ1) is 10.3. The Hall–Kier alpha value is -2.65. The number of rotatable bonds is 2. The molecule has 0 unspecified atom stereocenters. The lowest BCUT2D eigenvalue weighted by atomic mass is 10.1. The van der Waals surface area contributed by atoms with Crippen LogP contribution in [-0.4, -0.2) is 20.2 Å². The van der Waals surface area contributed by atoms with E-state index in [9.17, 15) is 5.26 Å². The van der Waals surface area contributed by atoms with Crippen molar-refractivity contribution >= 4 is 15.9 Å². The van der Waals surface area contributed by atoms with Crippen molar-refractivity contribution in [3.05, 3.63) is 58.8 Å². The smallest absolute Gasteiger partial charge is 0.201 e. The van der Waals surface area contributed by atoms with E-state index in [4.69, 9.17) is 0 Å². The van der Waals surface area contributed by atoms with Crippen LogP contribution < -0.4 is 0 Å². The molecule has 3 aromatic rings. The van der Waals surface area contributed by atoms with Crippen molar-refractivity contribution in [2.75, 3.05) is 0 Å². The summed E-state index contributed by atoms with van der Waals surface area (Å²) in [6.07, 6.45) is 0. The molecule has 0 atom stereocenters. The van der Waals surface area contributed by atoms with E-state index in [0.717, 1.165) is 5.56 Å². The molecule has 0 aliphatic heterocycles. The summed E-state index contributed by atoms with van der Waals surface area (Å²) < 4.78 is 0.675. The van der Waals surface area contributed by atoms with E-state index < -0.39 is 0 Å². The molecule has 1 aromatic carbocycles. The third-order valence-electron chi connectivity index (χ3n) is 2.78. The Kier molecular flexibility index (Phi) is 3.67. The summed E-state index contributed by atoms with van der Waals surface area (Å²) in [5.74, 6) is 0.326. The topological polar surface area (TPSA) is 75.3 Å². The van der Waals surface area contributed by atoms with Gasteiger partial charge in [-0.15, -0.1) is 10.2 Å². The summed E-state index contributed by atoms with van der Waals surface area (Å²) in [4.78, 5) is 8.52. The average Bonchev–Trinajstić information content (AvgIpc) is 2.55. The Labute approximate surface area is 129 Å². The van der Waals surface area contributed by atoms with Gasteiger partial charge < -0.3 is 0 Å². The van der Waals surface area contributed by atoms with Gasteiger partial charge in [0.05, 0.1) is 0 Å². The van der Waals surface area contributed by atoms with Gasteiger partial charge in [-0.3, -0.25) is 0 Å². The van der Waals surface area contributed by atoms with Crippen LogP contribution in [0.1, 0.15) is 5.69 Å². The zero-order valence-corrected chi connectivity index (χ0v) is 12.3. The predicted molar refractivity (Wildman–Crippen MR) is 80.9 cm³/mol. The number of benzene rings is 1. The Bertz CT molecular complexity index is 827. The van der Waals surface area contributed by atoms with Gasteiger partial charge in [-0.1, -0.05) is 36.4 Å². The zero-order chi connectivity index (χ0) is 14.7. The summed E-state index contributed by atoms with van der Waals surface area (Å²) in [7, 11) is 0. The van der Waals surface area contributed by atoms with Crippen LogP contribution in [-0.2, 0) is 0 Å². The highest BCUT2D eigenvalue weighted by molar-refractivity contribution is 9.10. The number of pyridine rings is 1. The first-order valence-corrected chi connectivity index (χ1v) is 6.90. The van der Waals surface area contributed by atoms with Crippen molar-refractivity contribution in [2.45, 2.75) is 0 Å². The normalized spacial score (nSPS) is 10.1. The minimum Gasteiger partial charge on any atom is -0.237 e. The Morgan fingerprint density at radius 3 is 2.43 bits per heavy atom. The van der Waals surface area contributed by atoms with Crippen LogP contribution in [0.5, 0.6) is 0 Å². The van der Waals surface area contributed by atoms with Gasteiger partial charge in [0.1, 0.15) is 22.1 Å². The second kappa shape index (κ2) is 5.77. The van der Waals surface area contributed by atoms with E-state index in [1.165, 1.54) is 0 Å². The maximum Gasteiger partial charge on any atom is 0.201 e. The summed E-state index contributed by atoms with van der Waals surface area (Å²) in [6, 6.07) is 16.8. The molecule has 0 aliphatic carbocycles. The third-order valence-corrected chi connectivity index (χ3v) is 3.23. The monoisotopic (exact) mass is 337 g/mol. The molecule has 0 bridgehead atoms. The van der Waals surface area contributed by atoms with Crippen molar-refractivity contribution in [2.24, 2.45) is 0 Å². The molecule has 0 N–H and O–H groups in total.